The Morgan fingerprint density at radius 3 is 2.51 bits per heavy atom. The number of nitrogens with zero attached hydrogens (tertiary/aromatic N) is 5. The molecule has 1 fully saturated rings. The minimum atomic E-state index is -4.86. The van der Waals surface area contributed by atoms with Gasteiger partial charge >= 0.3 is 6.18 Å². The maximum Gasteiger partial charge on any atom is 0.416 e. The van der Waals surface area contributed by atoms with Crippen molar-refractivity contribution in [1.82, 2.24) is 30.0 Å². The number of benzene rings is 1. The number of sulfone groups is 1. The maximum absolute atomic E-state index is 13.3. The van der Waals surface area contributed by atoms with Gasteiger partial charge in [-0.15, -0.1) is 0 Å². The number of carbonyl (C=O) groups excluding carboxylic acids is 2. The Morgan fingerprint density at radius 2 is 1.90 bits per heavy atom. The quantitative estimate of drug-likeness (QED) is 0.481. The van der Waals surface area contributed by atoms with Gasteiger partial charge in [0.2, 0.25) is 0 Å². The van der Waals surface area contributed by atoms with Crippen molar-refractivity contribution in [1.29, 1.82) is 0 Å². The fraction of sp³-hybridized carbons (Fsp3) is 0.375. The van der Waals surface area contributed by atoms with E-state index >= 15 is 0 Å². The summed E-state index contributed by atoms with van der Waals surface area (Å²) in [5.41, 5.74) is -1.39. The van der Waals surface area contributed by atoms with Crippen LogP contribution in [0.3, 0.4) is 0 Å². The minimum absolute atomic E-state index is 0.0711. The first-order valence-electron chi connectivity index (χ1n) is 11.7. The van der Waals surface area contributed by atoms with Crippen LogP contribution >= 0.6 is 0 Å². The lowest BCUT2D eigenvalue weighted by Gasteiger charge is -2.31. The van der Waals surface area contributed by atoms with Gasteiger partial charge < -0.3 is 15.0 Å². The second-order valence-electron chi connectivity index (χ2n) is 9.08. The van der Waals surface area contributed by atoms with E-state index in [4.69, 9.17) is 4.74 Å². The van der Waals surface area contributed by atoms with Crippen LogP contribution in [0.4, 0.5) is 13.2 Å². The van der Waals surface area contributed by atoms with Gasteiger partial charge in [-0.1, -0.05) is 0 Å². The van der Waals surface area contributed by atoms with Crippen LogP contribution in [0.1, 0.15) is 52.0 Å². The predicted molar refractivity (Wildman–Crippen MR) is 131 cm³/mol. The third kappa shape index (κ3) is 6.42. The molecule has 3 aromatic rings. The largest absolute Gasteiger partial charge is 0.416 e. The van der Waals surface area contributed by atoms with Gasteiger partial charge in [0.15, 0.2) is 21.5 Å². The molecule has 1 saturated heterocycles. The summed E-state index contributed by atoms with van der Waals surface area (Å²) < 4.78 is 70.6. The molecule has 1 aliphatic heterocycles. The molecule has 1 aromatic carbocycles. The fourth-order valence-corrected chi connectivity index (χ4v) is 4.68. The van der Waals surface area contributed by atoms with Crippen molar-refractivity contribution in [2.24, 2.45) is 0 Å². The molecule has 208 valence electrons. The molecule has 1 N–H and O–H groups in total. The number of aromatic nitrogens is 4. The third-order valence-corrected chi connectivity index (χ3v) is 7.07. The molecule has 15 heteroatoms. The van der Waals surface area contributed by atoms with E-state index in [0.717, 1.165) is 12.3 Å². The summed E-state index contributed by atoms with van der Waals surface area (Å²) in [4.78, 5) is 35.1. The van der Waals surface area contributed by atoms with Crippen molar-refractivity contribution in [3.8, 4) is 5.82 Å². The average Bonchev–Trinajstić information content (AvgIpc) is 3.37. The smallest absolute Gasteiger partial charge is 0.375 e. The molecule has 0 bridgehead atoms. The van der Waals surface area contributed by atoms with Crippen LogP contribution in [0, 0.1) is 0 Å². The van der Waals surface area contributed by atoms with E-state index in [-0.39, 0.29) is 23.7 Å². The molecule has 1 aliphatic rings. The molecule has 0 radical (unpaired) electrons. The molecular weight excluding hydrogens is 541 g/mol. The molecule has 3 heterocycles. The van der Waals surface area contributed by atoms with Gasteiger partial charge in [0.1, 0.15) is 6.33 Å². The van der Waals surface area contributed by atoms with Gasteiger partial charge in [-0.3, -0.25) is 9.59 Å². The number of hydrogen-bond donors (Lipinski definition) is 1. The van der Waals surface area contributed by atoms with E-state index in [1.165, 1.54) is 24.1 Å². The number of nitrogens with one attached hydrogen (secondary N) is 1. The number of halogens is 3. The van der Waals surface area contributed by atoms with Crippen LogP contribution in [0.2, 0.25) is 0 Å². The predicted octanol–water partition coefficient (Wildman–Crippen LogP) is 2.44. The van der Waals surface area contributed by atoms with Crippen molar-refractivity contribution < 1.29 is 35.9 Å². The first kappa shape index (κ1) is 28.2. The number of alkyl halides is 3. The molecule has 2 amide bonds. The Bertz CT molecular complexity index is 1490. The van der Waals surface area contributed by atoms with Crippen molar-refractivity contribution in [2.45, 2.75) is 37.1 Å². The first-order valence-corrected chi connectivity index (χ1v) is 13.6. The van der Waals surface area contributed by atoms with Crippen LogP contribution in [0.25, 0.3) is 5.82 Å². The Hall–Kier alpha value is -3.85. The standard InChI is InChI=1S/C24H25F3N6O5S/c1-14-12-32(6-7-38-14)23(35)16-4-5-20(28-11-16)33-21(29-13-30-33)15(2)31-22(34)17-8-18(24(25,26)27)10-19(9-17)39(3,36)37/h4-5,8-11,13-15H,6-7,12H2,1-3H3,(H,31,34)/t14?,15-/m0/s1. The van der Waals surface area contributed by atoms with E-state index < -0.39 is 44.0 Å². The summed E-state index contributed by atoms with van der Waals surface area (Å²) >= 11 is 0. The Morgan fingerprint density at radius 1 is 1.15 bits per heavy atom. The lowest BCUT2D eigenvalue weighted by atomic mass is 10.1. The van der Waals surface area contributed by atoms with E-state index in [0.29, 0.717) is 37.4 Å². The number of pyridine rings is 1. The van der Waals surface area contributed by atoms with Gasteiger partial charge in [0.05, 0.1) is 34.8 Å². The number of ether oxygens (including phenoxy) is 1. The van der Waals surface area contributed by atoms with Gasteiger partial charge in [0.25, 0.3) is 11.8 Å². The van der Waals surface area contributed by atoms with Crippen molar-refractivity contribution in [3.05, 3.63) is 65.4 Å². The Labute approximate surface area is 221 Å². The topological polar surface area (TPSA) is 136 Å². The molecule has 1 unspecified atom stereocenters. The van der Waals surface area contributed by atoms with Crippen molar-refractivity contribution in [2.75, 3.05) is 26.0 Å². The summed E-state index contributed by atoms with van der Waals surface area (Å²) in [6, 6.07) is 4.20. The van der Waals surface area contributed by atoms with E-state index in [1.54, 1.807) is 17.0 Å². The number of morpholine rings is 1. The average molecular weight is 567 g/mol. The van der Waals surface area contributed by atoms with Crippen molar-refractivity contribution in [3.63, 3.8) is 0 Å². The molecular formula is C24H25F3N6O5S. The monoisotopic (exact) mass is 566 g/mol. The highest BCUT2D eigenvalue weighted by Gasteiger charge is 2.33. The van der Waals surface area contributed by atoms with Gasteiger partial charge in [-0.05, 0) is 44.2 Å². The fourth-order valence-electron chi connectivity index (χ4n) is 4.00. The van der Waals surface area contributed by atoms with Gasteiger partial charge in [-0.25, -0.2) is 18.4 Å². The zero-order chi connectivity index (χ0) is 28.5. The molecule has 0 spiro atoms. The molecule has 2 aromatic heterocycles. The molecule has 39 heavy (non-hydrogen) atoms. The first-order chi connectivity index (χ1) is 18.2. The summed E-state index contributed by atoms with van der Waals surface area (Å²) in [7, 11) is -4.02. The zero-order valence-corrected chi connectivity index (χ0v) is 22.0. The highest BCUT2D eigenvalue weighted by atomic mass is 32.2. The summed E-state index contributed by atoms with van der Waals surface area (Å²) in [6.07, 6.45) is -1.58. The van der Waals surface area contributed by atoms with E-state index in [1.807, 2.05) is 6.92 Å². The number of hydrogen-bond acceptors (Lipinski definition) is 8. The van der Waals surface area contributed by atoms with Gasteiger partial charge in [0, 0.05) is 31.1 Å². The Kier molecular flexibility index (Phi) is 7.75. The highest BCUT2D eigenvalue weighted by molar-refractivity contribution is 7.90. The third-order valence-electron chi connectivity index (χ3n) is 5.97. The second-order valence-corrected chi connectivity index (χ2v) is 11.1. The van der Waals surface area contributed by atoms with Crippen LogP contribution < -0.4 is 5.32 Å². The van der Waals surface area contributed by atoms with Gasteiger partial charge in [-0.2, -0.15) is 23.0 Å². The molecule has 4 rings (SSSR count). The van der Waals surface area contributed by atoms with Crippen molar-refractivity contribution >= 4 is 21.7 Å². The summed E-state index contributed by atoms with van der Waals surface area (Å²) in [5, 5.41) is 6.62. The number of amides is 2. The SMILES string of the molecule is CC1CN(C(=O)c2ccc(-n3ncnc3[C@H](C)NC(=O)c3cc(C(F)(F)F)cc(S(C)(=O)=O)c3)nc2)CCO1. The van der Waals surface area contributed by atoms with Crippen LogP contribution in [-0.4, -0.2) is 76.9 Å². The maximum atomic E-state index is 13.3. The number of rotatable bonds is 6. The zero-order valence-electron chi connectivity index (χ0n) is 21.1. The normalized spacial score (nSPS) is 17.1. The van der Waals surface area contributed by atoms with Crippen LogP contribution in [0.15, 0.2) is 47.8 Å². The van der Waals surface area contributed by atoms with Crippen LogP contribution in [0.5, 0.6) is 0 Å². The van der Waals surface area contributed by atoms with E-state index in [9.17, 15) is 31.2 Å². The summed E-state index contributed by atoms with van der Waals surface area (Å²) in [5.74, 6) is -0.652. The van der Waals surface area contributed by atoms with Crippen LogP contribution in [-0.2, 0) is 20.8 Å². The summed E-state index contributed by atoms with van der Waals surface area (Å²) in [6.45, 7) is 4.78. The van der Waals surface area contributed by atoms with E-state index in [2.05, 4.69) is 20.4 Å². The minimum Gasteiger partial charge on any atom is -0.375 e. The molecule has 2 atom stereocenters. The lowest BCUT2D eigenvalue weighted by molar-refractivity contribution is -0.137. The molecule has 0 saturated carbocycles. The molecule has 11 nitrogen and oxygen atoms in total. The Balaban J connectivity index is 1.54. The molecule has 0 aliphatic carbocycles. The lowest BCUT2D eigenvalue weighted by Crippen LogP contribution is -2.44. The highest BCUT2D eigenvalue weighted by Crippen LogP contribution is 2.32. The second kappa shape index (κ2) is 10.7. The number of carbonyl (C=O) groups is 2.